The maximum Gasteiger partial charge on any atom is 0.349 e. The van der Waals surface area contributed by atoms with E-state index in [1.54, 1.807) is 27.6 Å². The highest BCUT2D eigenvalue weighted by atomic mass is 35.5. The lowest BCUT2D eigenvalue weighted by molar-refractivity contribution is -0.0594. The Labute approximate surface area is 177 Å². The first kappa shape index (κ1) is 19.3. The summed E-state index contributed by atoms with van der Waals surface area (Å²) in [5.74, 6) is 0. The van der Waals surface area contributed by atoms with Crippen molar-refractivity contribution in [3.63, 3.8) is 0 Å². The highest BCUT2D eigenvalue weighted by Crippen LogP contribution is 2.37. The molecule has 1 aliphatic rings. The van der Waals surface area contributed by atoms with E-state index in [4.69, 9.17) is 20.8 Å². The second-order valence-corrected chi connectivity index (χ2v) is 8.27. The SMILES string of the molecule is CC[C@H]1CC(n2c(=O)nc(-c3cnn(C)c3)c3oc4ccc(Cl)nc4c32)C[C@@H](C)O1. The summed E-state index contributed by atoms with van der Waals surface area (Å²) in [6.07, 6.45) is 5.95. The smallest absolute Gasteiger partial charge is 0.349 e. The quantitative estimate of drug-likeness (QED) is 0.457. The standard InChI is InChI=1S/C21H22ClN5O3/c1-4-14-8-13(7-11(2)29-14)27-19-18-15(5-6-16(22)24-18)30-20(19)17(25-21(27)28)12-9-23-26(3)10-12/h5-6,9-11,13-14H,4,7-8H2,1-3H3/t11-,13?,14+/m1/s1. The molecule has 1 aliphatic heterocycles. The fourth-order valence-electron chi connectivity index (χ4n) is 4.39. The third-order valence-corrected chi connectivity index (χ3v) is 5.92. The fraction of sp³-hybridized carbons (Fsp3) is 0.429. The Kier molecular flexibility index (Phi) is 4.63. The molecule has 5 rings (SSSR count). The van der Waals surface area contributed by atoms with E-state index in [1.165, 1.54) is 0 Å². The Morgan fingerprint density at radius 3 is 2.83 bits per heavy atom. The van der Waals surface area contributed by atoms with Gasteiger partial charge >= 0.3 is 5.69 Å². The number of nitrogens with zero attached hydrogens (tertiary/aromatic N) is 5. The summed E-state index contributed by atoms with van der Waals surface area (Å²) in [6.45, 7) is 4.13. The molecule has 0 amide bonds. The van der Waals surface area contributed by atoms with Crippen LogP contribution >= 0.6 is 11.6 Å². The Hall–Kier alpha value is -2.71. The van der Waals surface area contributed by atoms with E-state index in [9.17, 15) is 4.79 Å². The van der Waals surface area contributed by atoms with Gasteiger partial charge in [0.2, 0.25) is 0 Å². The van der Waals surface area contributed by atoms with Crippen LogP contribution in [0.3, 0.4) is 0 Å². The zero-order valence-corrected chi connectivity index (χ0v) is 17.8. The molecule has 0 saturated carbocycles. The van der Waals surface area contributed by atoms with Crippen LogP contribution in [0.2, 0.25) is 5.15 Å². The lowest BCUT2D eigenvalue weighted by atomic mass is 9.97. The normalized spacial score (nSPS) is 22.2. The maximum atomic E-state index is 13.3. The van der Waals surface area contributed by atoms with E-state index in [0.717, 1.165) is 12.8 Å². The third kappa shape index (κ3) is 3.11. The molecule has 0 aromatic carbocycles. The van der Waals surface area contributed by atoms with E-state index in [-0.39, 0.29) is 23.9 Å². The van der Waals surface area contributed by atoms with Crippen LogP contribution in [0.15, 0.2) is 33.7 Å². The number of hydrogen-bond acceptors (Lipinski definition) is 6. The molecule has 4 aromatic heterocycles. The molecular formula is C21H22ClN5O3. The molecule has 0 bridgehead atoms. The third-order valence-electron chi connectivity index (χ3n) is 5.71. The van der Waals surface area contributed by atoms with Gasteiger partial charge in [-0.1, -0.05) is 18.5 Å². The second-order valence-electron chi connectivity index (χ2n) is 7.88. The minimum atomic E-state index is -0.334. The number of hydrogen-bond donors (Lipinski definition) is 0. The molecule has 0 radical (unpaired) electrons. The van der Waals surface area contributed by atoms with Gasteiger partial charge in [0.15, 0.2) is 11.2 Å². The molecule has 9 heteroatoms. The van der Waals surface area contributed by atoms with Crippen LogP contribution in [0.5, 0.6) is 0 Å². The molecule has 0 aliphatic carbocycles. The van der Waals surface area contributed by atoms with Crippen LogP contribution in [0, 0.1) is 0 Å². The topological polar surface area (TPSA) is 88.0 Å². The summed E-state index contributed by atoms with van der Waals surface area (Å²) in [6, 6.07) is 3.38. The monoisotopic (exact) mass is 427 g/mol. The maximum absolute atomic E-state index is 13.3. The molecule has 5 heterocycles. The van der Waals surface area contributed by atoms with Crippen molar-refractivity contribution >= 4 is 33.8 Å². The Balaban J connectivity index is 1.83. The van der Waals surface area contributed by atoms with Gasteiger partial charge in [-0.2, -0.15) is 10.1 Å². The summed E-state index contributed by atoms with van der Waals surface area (Å²) >= 11 is 6.19. The largest absolute Gasteiger partial charge is 0.450 e. The number of aromatic nitrogens is 5. The van der Waals surface area contributed by atoms with Gasteiger partial charge in [-0.05, 0) is 38.3 Å². The van der Waals surface area contributed by atoms with Gasteiger partial charge in [-0.15, -0.1) is 0 Å². The molecular weight excluding hydrogens is 406 g/mol. The van der Waals surface area contributed by atoms with E-state index in [1.807, 2.05) is 20.2 Å². The van der Waals surface area contributed by atoms with Crippen LogP contribution in [0.1, 0.15) is 39.2 Å². The first-order valence-electron chi connectivity index (χ1n) is 10.1. The lowest BCUT2D eigenvalue weighted by Gasteiger charge is -2.34. The average Bonchev–Trinajstić information content (AvgIpc) is 3.30. The van der Waals surface area contributed by atoms with Gasteiger partial charge in [-0.3, -0.25) is 9.25 Å². The van der Waals surface area contributed by atoms with Crippen molar-refractivity contribution in [3.8, 4) is 11.3 Å². The average molecular weight is 428 g/mol. The Morgan fingerprint density at radius 2 is 2.10 bits per heavy atom. The van der Waals surface area contributed by atoms with Crippen molar-refractivity contribution in [3.05, 3.63) is 40.2 Å². The molecule has 30 heavy (non-hydrogen) atoms. The van der Waals surface area contributed by atoms with Crippen LogP contribution in [0.25, 0.3) is 33.5 Å². The Morgan fingerprint density at radius 1 is 1.27 bits per heavy atom. The van der Waals surface area contributed by atoms with Crippen LogP contribution in [-0.4, -0.2) is 36.5 Å². The number of fused-ring (bicyclic) bond motifs is 3. The van der Waals surface area contributed by atoms with Gasteiger partial charge in [0.1, 0.15) is 21.9 Å². The number of ether oxygens (including phenoxy) is 1. The second kappa shape index (κ2) is 7.21. The zero-order chi connectivity index (χ0) is 21.0. The van der Waals surface area contributed by atoms with E-state index >= 15 is 0 Å². The summed E-state index contributed by atoms with van der Waals surface area (Å²) in [7, 11) is 1.82. The van der Waals surface area contributed by atoms with Crippen molar-refractivity contribution in [2.24, 2.45) is 7.05 Å². The summed E-state index contributed by atoms with van der Waals surface area (Å²) in [4.78, 5) is 22.2. The number of aryl methyl sites for hydroxylation is 1. The van der Waals surface area contributed by atoms with Crippen LogP contribution < -0.4 is 5.69 Å². The molecule has 8 nitrogen and oxygen atoms in total. The summed E-state index contributed by atoms with van der Waals surface area (Å²) in [5, 5.41) is 4.56. The first-order valence-corrected chi connectivity index (χ1v) is 10.5. The molecule has 3 atom stereocenters. The molecule has 0 spiro atoms. The number of furan rings is 1. The van der Waals surface area contributed by atoms with E-state index < -0.39 is 0 Å². The highest BCUT2D eigenvalue weighted by molar-refractivity contribution is 6.30. The number of pyridine rings is 1. The lowest BCUT2D eigenvalue weighted by Crippen LogP contribution is -2.37. The molecule has 0 N–H and O–H groups in total. The number of rotatable bonds is 3. The van der Waals surface area contributed by atoms with Crippen LogP contribution in [-0.2, 0) is 11.8 Å². The van der Waals surface area contributed by atoms with Gasteiger partial charge in [0.25, 0.3) is 0 Å². The number of halogens is 1. The molecule has 1 unspecified atom stereocenters. The van der Waals surface area contributed by atoms with Gasteiger partial charge in [-0.25, -0.2) is 9.78 Å². The minimum absolute atomic E-state index is 0.0448. The predicted molar refractivity (Wildman–Crippen MR) is 114 cm³/mol. The predicted octanol–water partition coefficient (Wildman–Crippen LogP) is 4.11. The minimum Gasteiger partial charge on any atom is -0.450 e. The summed E-state index contributed by atoms with van der Waals surface area (Å²) in [5.41, 5.74) is 3.10. The molecule has 4 aromatic rings. The molecule has 156 valence electrons. The van der Waals surface area contributed by atoms with Gasteiger partial charge in [0.05, 0.1) is 18.4 Å². The summed E-state index contributed by atoms with van der Waals surface area (Å²) < 4.78 is 15.6. The first-order chi connectivity index (χ1) is 14.4. The van der Waals surface area contributed by atoms with Gasteiger partial charge in [0, 0.05) is 24.8 Å². The Bertz CT molecular complexity index is 1310. The van der Waals surface area contributed by atoms with Crippen molar-refractivity contribution in [2.75, 3.05) is 0 Å². The van der Waals surface area contributed by atoms with E-state index in [2.05, 4.69) is 22.0 Å². The fourth-order valence-corrected chi connectivity index (χ4v) is 4.54. The highest BCUT2D eigenvalue weighted by Gasteiger charge is 2.31. The van der Waals surface area contributed by atoms with Crippen molar-refractivity contribution in [1.82, 2.24) is 24.3 Å². The van der Waals surface area contributed by atoms with Crippen molar-refractivity contribution in [2.45, 2.75) is 51.4 Å². The van der Waals surface area contributed by atoms with Gasteiger partial charge < -0.3 is 9.15 Å². The van der Waals surface area contributed by atoms with Crippen LogP contribution in [0.4, 0.5) is 0 Å². The molecule has 1 saturated heterocycles. The van der Waals surface area contributed by atoms with Crippen molar-refractivity contribution in [1.29, 1.82) is 0 Å². The molecule has 1 fully saturated rings. The van der Waals surface area contributed by atoms with Crippen molar-refractivity contribution < 1.29 is 9.15 Å². The van der Waals surface area contributed by atoms with E-state index in [0.29, 0.717) is 45.0 Å². The zero-order valence-electron chi connectivity index (χ0n) is 17.0.